The molecule has 0 saturated carbocycles. The second kappa shape index (κ2) is 11.5. The molecule has 0 aliphatic rings. The predicted octanol–water partition coefficient (Wildman–Crippen LogP) is -0.437. The Morgan fingerprint density at radius 3 is 1.46 bits per heavy atom. The van der Waals surface area contributed by atoms with Crippen molar-refractivity contribution in [3.05, 3.63) is 24.3 Å². The van der Waals surface area contributed by atoms with E-state index in [2.05, 4.69) is 19.6 Å². The molecule has 0 radical (unpaired) electrons. The van der Waals surface area contributed by atoms with Gasteiger partial charge in [-0.05, 0) is 12.1 Å². The van der Waals surface area contributed by atoms with Crippen LogP contribution < -0.4 is 9.47 Å². The van der Waals surface area contributed by atoms with Crippen LogP contribution in [-0.2, 0) is 38.7 Å². The van der Waals surface area contributed by atoms with Crippen LogP contribution in [0.2, 0.25) is 0 Å². The lowest BCUT2D eigenvalue weighted by Crippen LogP contribution is -2.18. The molecule has 0 aliphatic carbocycles. The van der Waals surface area contributed by atoms with E-state index in [1.807, 2.05) is 0 Å². The van der Waals surface area contributed by atoms with Crippen molar-refractivity contribution in [2.75, 3.05) is 26.4 Å². The van der Waals surface area contributed by atoms with Crippen LogP contribution in [0.1, 0.15) is 0 Å². The average Bonchev–Trinajstić information content (AvgIpc) is 2.55. The number of hydrogen-bond donors (Lipinski definition) is 2. The van der Waals surface area contributed by atoms with Crippen LogP contribution in [0.5, 0.6) is 11.5 Å². The fraction of sp³-hybridized carbons (Fsp3) is 0.286. The van der Waals surface area contributed by atoms with Crippen molar-refractivity contribution in [1.82, 2.24) is 0 Å². The third kappa shape index (κ3) is 9.94. The molecule has 0 aromatic heterocycles. The highest BCUT2D eigenvalue weighted by Gasteiger charge is 2.10. The maximum Gasteiger partial charge on any atom is 0.340 e. The predicted molar refractivity (Wildman–Crippen MR) is 76.8 cm³/mol. The number of rotatable bonds is 12. The van der Waals surface area contributed by atoms with Crippen LogP contribution in [0.25, 0.3) is 0 Å². The fourth-order valence-corrected chi connectivity index (χ4v) is 1.29. The number of aliphatic carboxylic acids is 2. The van der Waals surface area contributed by atoms with Gasteiger partial charge in [0.05, 0.1) is 0 Å². The van der Waals surface area contributed by atoms with Crippen molar-refractivity contribution in [3.63, 3.8) is 0 Å². The lowest BCUT2D eigenvalue weighted by molar-refractivity contribution is -0.289. The first-order valence-electron chi connectivity index (χ1n) is 6.80. The van der Waals surface area contributed by atoms with E-state index in [4.69, 9.17) is 19.7 Å². The lowest BCUT2D eigenvalue weighted by Gasteiger charge is -2.07. The van der Waals surface area contributed by atoms with Crippen LogP contribution in [0, 0.1) is 0 Å². The van der Waals surface area contributed by atoms with Crippen LogP contribution in [0.4, 0.5) is 0 Å². The molecule has 2 N–H and O–H groups in total. The Balaban J connectivity index is 2.37. The van der Waals surface area contributed by atoms with Gasteiger partial charge in [-0.25, -0.2) is 38.7 Å². The molecular formula is C14H14O12. The van der Waals surface area contributed by atoms with Crippen molar-refractivity contribution in [1.29, 1.82) is 0 Å². The number of esters is 2. The van der Waals surface area contributed by atoms with E-state index >= 15 is 0 Å². The van der Waals surface area contributed by atoms with Gasteiger partial charge >= 0.3 is 23.9 Å². The molecule has 1 aromatic carbocycles. The smallest absolute Gasteiger partial charge is 0.340 e. The topological polar surface area (TPSA) is 164 Å². The summed E-state index contributed by atoms with van der Waals surface area (Å²) in [6.45, 7) is -2.80. The zero-order valence-corrected chi connectivity index (χ0v) is 13.1. The van der Waals surface area contributed by atoms with Crippen molar-refractivity contribution < 1.29 is 58.4 Å². The van der Waals surface area contributed by atoms with E-state index in [1.165, 1.54) is 24.3 Å². The summed E-state index contributed by atoms with van der Waals surface area (Å²) in [4.78, 5) is 60.3. The molecular weight excluding hydrogens is 360 g/mol. The van der Waals surface area contributed by atoms with Gasteiger partial charge in [0.25, 0.3) is 0 Å². The monoisotopic (exact) mass is 374 g/mol. The minimum Gasteiger partial charge on any atom is -0.479 e. The average molecular weight is 374 g/mol. The van der Waals surface area contributed by atoms with Gasteiger partial charge in [-0.15, -0.1) is 0 Å². The Kier molecular flexibility index (Phi) is 9.27. The van der Waals surface area contributed by atoms with E-state index in [0.29, 0.717) is 0 Å². The first kappa shape index (κ1) is 21.0. The Labute approximate surface area is 145 Å². The summed E-state index contributed by atoms with van der Waals surface area (Å²) in [6.07, 6.45) is 0. The summed E-state index contributed by atoms with van der Waals surface area (Å²) in [5.74, 6) is -4.28. The third-order valence-electron chi connectivity index (χ3n) is 2.15. The number of carbonyl (C=O) groups excluding carboxylic acids is 2. The number of benzene rings is 1. The van der Waals surface area contributed by atoms with E-state index in [1.54, 1.807) is 0 Å². The Hall–Kier alpha value is -3.06. The van der Waals surface area contributed by atoms with Crippen LogP contribution in [0.3, 0.4) is 0 Å². The standard InChI is InChI=1S/C14H14O12/c15-11(16)5-21-23-7-13(19)25-9-2-1-3-10(4-9)26-14(20)8-24-22-6-12(17)18/h1-4H,5-8H2,(H,15,16)(H,17,18). The fourth-order valence-electron chi connectivity index (χ4n) is 1.29. The molecule has 0 fully saturated rings. The lowest BCUT2D eigenvalue weighted by atomic mass is 10.3. The molecule has 0 atom stereocenters. The van der Waals surface area contributed by atoms with Gasteiger partial charge in [-0.2, -0.15) is 0 Å². The van der Waals surface area contributed by atoms with Crippen molar-refractivity contribution in [3.8, 4) is 11.5 Å². The number of carbonyl (C=O) groups is 4. The number of ether oxygens (including phenoxy) is 2. The van der Waals surface area contributed by atoms with E-state index < -0.39 is 50.3 Å². The molecule has 0 bridgehead atoms. The molecule has 0 saturated heterocycles. The molecule has 142 valence electrons. The van der Waals surface area contributed by atoms with Gasteiger partial charge in [0.1, 0.15) is 11.5 Å². The second-order valence-electron chi connectivity index (χ2n) is 4.26. The number of hydrogen-bond acceptors (Lipinski definition) is 10. The molecule has 12 heteroatoms. The van der Waals surface area contributed by atoms with Gasteiger partial charge in [0.15, 0.2) is 26.4 Å². The minimum atomic E-state index is -1.27. The van der Waals surface area contributed by atoms with Crippen LogP contribution in [0.15, 0.2) is 24.3 Å². The van der Waals surface area contributed by atoms with Gasteiger partial charge in [0, 0.05) is 6.07 Å². The molecule has 26 heavy (non-hydrogen) atoms. The molecule has 1 rings (SSSR count). The first-order valence-corrected chi connectivity index (χ1v) is 6.80. The highest BCUT2D eigenvalue weighted by Crippen LogP contribution is 2.19. The summed E-state index contributed by atoms with van der Waals surface area (Å²) in [5, 5.41) is 16.6. The Bertz CT molecular complexity index is 589. The maximum absolute atomic E-state index is 11.5. The quantitative estimate of drug-likeness (QED) is 0.160. The number of carboxylic acids is 2. The molecule has 0 aliphatic heterocycles. The molecule has 12 nitrogen and oxygen atoms in total. The Morgan fingerprint density at radius 1 is 0.692 bits per heavy atom. The van der Waals surface area contributed by atoms with Crippen molar-refractivity contribution in [2.24, 2.45) is 0 Å². The maximum atomic E-state index is 11.5. The van der Waals surface area contributed by atoms with E-state index in [-0.39, 0.29) is 11.5 Å². The highest BCUT2D eigenvalue weighted by molar-refractivity contribution is 5.75. The SMILES string of the molecule is O=C(O)COOCC(=O)Oc1cccc(OC(=O)COOCC(=O)O)c1. The second-order valence-corrected chi connectivity index (χ2v) is 4.26. The summed E-state index contributed by atoms with van der Waals surface area (Å²) >= 11 is 0. The van der Waals surface area contributed by atoms with E-state index in [9.17, 15) is 19.2 Å². The first-order chi connectivity index (χ1) is 12.4. The van der Waals surface area contributed by atoms with Gasteiger partial charge in [-0.1, -0.05) is 6.07 Å². The normalized spacial score (nSPS) is 10.2. The molecule has 0 spiro atoms. The molecule has 1 aromatic rings. The Morgan fingerprint density at radius 2 is 1.08 bits per heavy atom. The van der Waals surface area contributed by atoms with E-state index in [0.717, 1.165) is 0 Å². The summed E-state index contributed by atoms with van der Waals surface area (Å²) < 4.78 is 9.73. The zero-order valence-electron chi connectivity index (χ0n) is 13.1. The zero-order chi connectivity index (χ0) is 19.4. The molecule has 0 heterocycles. The minimum absolute atomic E-state index is 0.0187. The van der Waals surface area contributed by atoms with Crippen LogP contribution in [-0.4, -0.2) is 60.5 Å². The number of carboxylic acid groups (broad SMARTS) is 2. The van der Waals surface area contributed by atoms with Crippen LogP contribution >= 0.6 is 0 Å². The van der Waals surface area contributed by atoms with Gasteiger partial charge in [-0.3, -0.25) is 0 Å². The highest BCUT2D eigenvalue weighted by atomic mass is 17.2. The summed E-state index contributed by atoms with van der Waals surface area (Å²) in [7, 11) is 0. The summed E-state index contributed by atoms with van der Waals surface area (Å²) in [5.41, 5.74) is 0. The van der Waals surface area contributed by atoms with Gasteiger partial charge < -0.3 is 19.7 Å². The summed E-state index contributed by atoms with van der Waals surface area (Å²) in [6, 6.07) is 5.42. The van der Waals surface area contributed by atoms with Crippen molar-refractivity contribution in [2.45, 2.75) is 0 Å². The third-order valence-corrected chi connectivity index (χ3v) is 2.15. The molecule has 0 unspecified atom stereocenters. The van der Waals surface area contributed by atoms with Crippen molar-refractivity contribution >= 4 is 23.9 Å². The molecule has 0 amide bonds. The largest absolute Gasteiger partial charge is 0.479 e. The van der Waals surface area contributed by atoms with Gasteiger partial charge in [0.2, 0.25) is 0 Å².